The monoisotopic (exact) mass is 229 g/mol. The van der Waals surface area contributed by atoms with E-state index in [0.29, 0.717) is 6.04 Å². The summed E-state index contributed by atoms with van der Waals surface area (Å²) in [6.07, 6.45) is 5.21. The molecule has 1 amide bonds. The number of carbonyl (C=O) groups excluding carboxylic acids is 1. The second-order valence-electron chi connectivity index (χ2n) is 5.62. The third-order valence-corrected chi connectivity index (χ3v) is 4.37. The van der Waals surface area contributed by atoms with E-state index in [1.165, 1.54) is 31.2 Å². The summed E-state index contributed by atoms with van der Waals surface area (Å²) < 4.78 is 0. The van der Waals surface area contributed by atoms with Crippen molar-refractivity contribution in [2.75, 3.05) is 0 Å². The fraction of sp³-hybridized carbons (Fsp3) is 0.533. The van der Waals surface area contributed by atoms with Crippen LogP contribution in [0.5, 0.6) is 0 Å². The predicted octanol–water partition coefficient (Wildman–Crippen LogP) is 2.91. The lowest BCUT2D eigenvalue weighted by molar-refractivity contribution is 0.0923. The maximum absolute atomic E-state index is 12.1. The van der Waals surface area contributed by atoms with Crippen molar-refractivity contribution in [3.05, 3.63) is 35.4 Å². The predicted molar refractivity (Wildman–Crippen MR) is 67.9 cm³/mol. The van der Waals surface area contributed by atoms with Crippen LogP contribution in [0.1, 0.15) is 41.6 Å². The molecule has 0 aliphatic heterocycles. The Bertz CT molecular complexity index is 423. The van der Waals surface area contributed by atoms with Crippen LogP contribution in [-0.4, -0.2) is 11.9 Å². The molecule has 1 aromatic rings. The van der Waals surface area contributed by atoms with Gasteiger partial charge in [-0.2, -0.15) is 0 Å². The van der Waals surface area contributed by atoms with Crippen LogP contribution in [0.3, 0.4) is 0 Å². The molecule has 1 N–H and O–H groups in total. The summed E-state index contributed by atoms with van der Waals surface area (Å²) in [7, 11) is 0. The van der Waals surface area contributed by atoms with Crippen LogP contribution in [0.25, 0.3) is 0 Å². The van der Waals surface area contributed by atoms with E-state index in [2.05, 4.69) is 5.32 Å². The second-order valence-corrected chi connectivity index (χ2v) is 5.62. The average Bonchev–Trinajstić information content (AvgIpc) is 2.91. The van der Waals surface area contributed by atoms with Crippen molar-refractivity contribution in [3.63, 3.8) is 0 Å². The second kappa shape index (κ2) is 4.17. The van der Waals surface area contributed by atoms with Gasteiger partial charge in [-0.05, 0) is 50.2 Å². The molecule has 2 aliphatic rings. The minimum atomic E-state index is 0.0996. The van der Waals surface area contributed by atoms with E-state index in [9.17, 15) is 4.79 Å². The lowest BCUT2D eigenvalue weighted by atomic mass is 9.95. The van der Waals surface area contributed by atoms with Crippen LogP contribution < -0.4 is 5.32 Å². The van der Waals surface area contributed by atoms with Crippen molar-refractivity contribution >= 4 is 5.91 Å². The van der Waals surface area contributed by atoms with Crippen LogP contribution in [-0.2, 0) is 0 Å². The molecule has 2 saturated carbocycles. The van der Waals surface area contributed by atoms with Crippen LogP contribution in [0, 0.1) is 18.8 Å². The van der Waals surface area contributed by atoms with E-state index in [-0.39, 0.29) is 5.91 Å². The first-order chi connectivity index (χ1) is 8.22. The smallest absolute Gasteiger partial charge is 0.251 e. The van der Waals surface area contributed by atoms with Gasteiger partial charge in [-0.15, -0.1) is 0 Å². The summed E-state index contributed by atoms with van der Waals surface area (Å²) in [5, 5.41) is 3.21. The molecule has 17 heavy (non-hydrogen) atoms. The molecule has 3 atom stereocenters. The van der Waals surface area contributed by atoms with Crippen molar-refractivity contribution in [3.8, 4) is 0 Å². The summed E-state index contributed by atoms with van der Waals surface area (Å²) in [5.74, 6) is 1.72. The van der Waals surface area contributed by atoms with Gasteiger partial charge in [-0.3, -0.25) is 4.79 Å². The van der Waals surface area contributed by atoms with Crippen molar-refractivity contribution < 1.29 is 4.79 Å². The first-order valence-corrected chi connectivity index (χ1v) is 6.60. The Kier molecular flexibility index (Phi) is 2.65. The van der Waals surface area contributed by atoms with Crippen molar-refractivity contribution in [2.45, 2.75) is 38.6 Å². The van der Waals surface area contributed by atoms with E-state index in [4.69, 9.17) is 0 Å². The van der Waals surface area contributed by atoms with Gasteiger partial charge in [-0.25, -0.2) is 0 Å². The highest BCUT2D eigenvalue weighted by Crippen LogP contribution is 2.44. The molecule has 90 valence electrons. The van der Waals surface area contributed by atoms with E-state index >= 15 is 0 Å². The largest absolute Gasteiger partial charge is 0.349 e. The maximum Gasteiger partial charge on any atom is 0.251 e. The van der Waals surface area contributed by atoms with Crippen molar-refractivity contribution in [1.82, 2.24) is 5.32 Å². The molecule has 2 bridgehead atoms. The summed E-state index contributed by atoms with van der Waals surface area (Å²) in [6.45, 7) is 2.04. The van der Waals surface area contributed by atoms with E-state index < -0.39 is 0 Å². The Morgan fingerprint density at radius 3 is 2.53 bits per heavy atom. The SMILES string of the molecule is Cc1ccc(C(=O)N[C@H]2C[C@H]3CC[C@@H]2C3)cc1. The molecule has 1 aromatic carbocycles. The average molecular weight is 229 g/mol. The lowest BCUT2D eigenvalue weighted by Crippen LogP contribution is -2.38. The molecular formula is C15H19NO. The zero-order valence-corrected chi connectivity index (χ0v) is 10.3. The van der Waals surface area contributed by atoms with Crippen molar-refractivity contribution in [1.29, 1.82) is 0 Å². The summed E-state index contributed by atoms with van der Waals surface area (Å²) >= 11 is 0. The molecule has 0 radical (unpaired) electrons. The first kappa shape index (κ1) is 10.8. The molecule has 0 aromatic heterocycles. The maximum atomic E-state index is 12.1. The van der Waals surface area contributed by atoms with Crippen LogP contribution in [0.15, 0.2) is 24.3 Å². The van der Waals surface area contributed by atoms with Gasteiger partial charge in [0.15, 0.2) is 0 Å². The van der Waals surface area contributed by atoms with Gasteiger partial charge in [0.05, 0.1) is 0 Å². The highest BCUT2D eigenvalue weighted by Gasteiger charge is 2.40. The lowest BCUT2D eigenvalue weighted by Gasteiger charge is -2.22. The Labute approximate surface area is 102 Å². The van der Waals surface area contributed by atoms with Gasteiger partial charge in [0, 0.05) is 11.6 Å². The molecule has 0 unspecified atom stereocenters. The first-order valence-electron chi connectivity index (χ1n) is 6.60. The van der Waals surface area contributed by atoms with Gasteiger partial charge in [0.2, 0.25) is 0 Å². The quantitative estimate of drug-likeness (QED) is 0.830. The number of aryl methyl sites for hydroxylation is 1. The Balaban J connectivity index is 1.65. The van der Waals surface area contributed by atoms with Gasteiger partial charge in [-0.1, -0.05) is 24.1 Å². The number of carbonyl (C=O) groups is 1. The number of nitrogens with one attached hydrogen (secondary N) is 1. The van der Waals surface area contributed by atoms with E-state index in [1.54, 1.807) is 0 Å². The summed E-state index contributed by atoms with van der Waals surface area (Å²) in [6, 6.07) is 8.25. The molecule has 2 nitrogen and oxygen atoms in total. The number of hydrogen-bond donors (Lipinski definition) is 1. The Hall–Kier alpha value is -1.31. The Morgan fingerprint density at radius 1 is 1.18 bits per heavy atom. The fourth-order valence-corrected chi connectivity index (χ4v) is 3.38. The summed E-state index contributed by atoms with van der Waals surface area (Å²) in [4.78, 5) is 12.1. The topological polar surface area (TPSA) is 29.1 Å². The van der Waals surface area contributed by atoms with Gasteiger partial charge in [0.25, 0.3) is 5.91 Å². The van der Waals surface area contributed by atoms with Gasteiger partial charge >= 0.3 is 0 Å². The van der Waals surface area contributed by atoms with Crippen LogP contribution in [0.2, 0.25) is 0 Å². The third-order valence-electron chi connectivity index (χ3n) is 4.37. The van der Waals surface area contributed by atoms with Gasteiger partial charge < -0.3 is 5.32 Å². The van der Waals surface area contributed by atoms with Gasteiger partial charge in [0.1, 0.15) is 0 Å². The molecule has 0 spiro atoms. The highest BCUT2D eigenvalue weighted by atomic mass is 16.1. The van der Waals surface area contributed by atoms with Crippen molar-refractivity contribution in [2.24, 2.45) is 11.8 Å². The molecular weight excluding hydrogens is 210 g/mol. The number of hydrogen-bond acceptors (Lipinski definition) is 1. The molecule has 2 heteroatoms. The van der Waals surface area contributed by atoms with E-state index in [0.717, 1.165) is 17.4 Å². The molecule has 2 aliphatic carbocycles. The number of amides is 1. The summed E-state index contributed by atoms with van der Waals surface area (Å²) in [5.41, 5.74) is 1.99. The number of benzene rings is 1. The molecule has 0 heterocycles. The fourth-order valence-electron chi connectivity index (χ4n) is 3.38. The van der Waals surface area contributed by atoms with E-state index in [1.807, 2.05) is 31.2 Å². The number of rotatable bonds is 2. The molecule has 0 saturated heterocycles. The number of fused-ring (bicyclic) bond motifs is 2. The molecule has 3 rings (SSSR count). The zero-order valence-electron chi connectivity index (χ0n) is 10.3. The minimum absolute atomic E-state index is 0.0996. The van der Waals surface area contributed by atoms with Crippen LogP contribution >= 0.6 is 0 Å². The van der Waals surface area contributed by atoms with Crippen LogP contribution in [0.4, 0.5) is 0 Å². The highest BCUT2D eigenvalue weighted by molar-refractivity contribution is 5.94. The third kappa shape index (κ3) is 2.08. The zero-order chi connectivity index (χ0) is 11.8. The molecule has 2 fully saturated rings. The normalized spacial score (nSPS) is 30.5. The standard InChI is InChI=1S/C15H19NO/c1-10-2-5-12(6-3-10)15(17)16-14-9-11-4-7-13(14)8-11/h2-3,5-6,11,13-14H,4,7-9H2,1H3,(H,16,17)/t11-,13+,14-/m0/s1. The Morgan fingerprint density at radius 2 is 1.94 bits per heavy atom. The minimum Gasteiger partial charge on any atom is -0.349 e.